The van der Waals surface area contributed by atoms with Gasteiger partial charge in [0.2, 0.25) is 0 Å². The molecular formula is C20H18F3NO5. The Balaban J connectivity index is 1.79. The lowest BCUT2D eigenvalue weighted by Crippen LogP contribution is -2.31. The molecule has 1 N–H and O–H groups in total. The number of ether oxygens (including phenoxy) is 2. The average molecular weight is 409 g/mol. The summed E-state index contributed by atoms with van der Waals surface area (Å²) in [4.78, 5) is 35.6. The number of Topliss-reactive ketones (excluding diaryl/α,β-unsaturated/α-hetero) is 1. The minimum Gasteiger partial charge on any atom is -0.494 e. The van der Waals surface area contributed by atoms with E-state index in [4.69, 9.17) is 9.47 Å². The van der Waals surface area contributed by atoms with Crippen LogP contribution in [-0.2, 0) is 15.7 Å². The summed E-state index contributed by atoms with van der Waals surface area (Å²) in [6.45, 7) is 1.28. The molecule has 0 fully saturated rings. The lowest BCUT2D eigenvalue weighted by molar-refractivity contribution is -0.141. The minimum absolute atomic E-state index is 0.0451. The molecule has 1 amide bonds. The van der Waals surface area contributed by atoms with Crippen LogP contribution in [0.25, 0.3) is 0 Å². The summed E-state index contributed by atoms with van der Waals surface area (Å²) in [5.74, 6) is -1.43. The van der Waals surface area contributed by atoms with E-state index >= 15 is 0 Å². The van der Waals surface area contributed by atoms with Crippen LogP contribution in [-0.4, -0.2) is 37.4 Å². The van der Waals surface area contributed by atoms with E-state index in [0.29, 0.717) is 17.9 Å². The Kier molecular flexibility index (Phi) is 7.35. The molecule has 154 valence electrons. The second-order valence-electron chi connectivity index (χ2n) is 5.80. The molecule has 2 rings (SSSR count). The molecule has 0 aromatic heterocycles. The molecule has 2 aromatic rings. The molecule has 0 heterocycles. The Hall–Kier alpha value is -3.36. The van der Waals surface area contributed by atoms with Crippen molar-refractivity contribution < 1.29 is 37.0 Å². The molecule has 0 aliphatic rings. The Morgan fingerprint density at radius 3 is 2.07 bits per heavy atom. The summed E-state index contributed by atoms with van der Waals surface area (Å²) in [5.41, 5.74) is -0.604. The molecule has 0 bridgehead atoms. The molecule has 29 heavy (non-hydrogen) atoms. The number of ketones is 1. The largest absolute Gasteiger partial charge is 0.494 e. The molecular weight excluding hydrogens is 391 g/mol. The van der Waals surface area contributed by atoms with E-state index in [1.165, 1.54) is 12.1 Å². The van der Waals surface area contributed by atoms with Gasteiger partial charge in [0.1, 0.15) is 12.3 Å². The summed E-state index contributed by atoms with van der Waals surface area (Å²) < 4.78 is 47.6. The van der Waals surface area contributed by atoms with E-state index in [2.05, 4.69) is 5.32 Å². The van der Waals surface area contributed by atoms with Crippen molar-refractivity contribution in [3.8, 4) is 5.75 Å². The topological polar surface area (TPSA) is 81.7 Å². The van der Waals surface area contributed by atoms with E-state index in [1.807, 2.05) is 6.92 Å². The highest BCUT2D eigenvalue weighted by molar-refractivity contribution is 5.99. The van der Waals surface area contributed by atoms with Crippen LogP contribution in [0.4, 0.5) is 13.2 Å². The fourth-order valence-corrected chi connectivity index (χ4v) is 2.25. The van der Waals surface area contributed by atoms with Crippen LogP contribution in [0.1, 0.15) is 33.2 Å². The van der Waals surface area contributed by atoms with Crippen molar-refractivity contribution in [2.24, 2.45) is 0 Å². The fourth-order valence-electron chi connectivity index (χ4n) is 2.25. The lowest BCUT2D eigenvalue weighted by atomic mass is 10.1. The van der Waals surface area contributed by atoms with Gasteiger partial charge in [0.25, 0.3) is 5.91 Å². The van der Waals surface area contributed by atoms with Crippen LogP contribution in [0.5, 0.6) is 5.75 Å². The van der Waals surface area contributed by atoms with Crippen molar-refractivity contribution in [3.05, 3.63) is 65.2 Å². The number of halogens is 3. The Morgan fingerprint density at radius 2 is 1.52 bits per heavy atom. The first-order valence-electron chi connectivity index (χ1n) is 8.58. The van der Waals surface area contributed by atoms with E-state index < -0.39 is 42.6 Å². The van der Waals surface area contributed by atoms with Crippen molar-refractivity contribution in [2.45, 2.75) is 13.1 Å². The third kappa shape index (κ3) is 6.63. The molecule has 0 spiro atoms. The predicted molar refractivity (Wildman–Crippen MR) is 96.7 cm³/mol. The van der Waals surface area contributed by atoms with E-state index in [-0.39, 0.29) is 5.56 Å². The molecule has 9 heteroatoms. The first kappa shape index (κ1) is 21.9. The van der Waals surface area contributed by atoms with Crippen LogP contribution in [0.3, 0.4) is 0 Å². The standard InChI is InChI=1S/C20H18F3NO5/c1-2-28-16-9-5-13(6-10-16)17(25)12-29-18(26)11-24-19(27)14-3-7-15(8-4-14)20(21,22)23/h3-10H,2,11-12H2,1H3,(H,24,27). The molecule has 0 aliphatic carbocycles. The van der Waals surface area contributed by atoms with Crippen molar-refractivity contribution in [3.63, 3.8) is 0 Å². The van der Waals surface area contributed by atoms with Gasteiger partial charge in [-0.3, -0.25) is 14.4 Å². The van der Waals surface area contributed by atoms with Gasteiger partial charge in [-0.05, 0) is 55.5 Å². The van der Waals surface area contributed by atoms with E-state index in [9.17, 15) is 27.6 Å². The van der Waals surface area contributed by atoms with Crippen molar-refractivity contribution in [2.75, 3.05) is 19.8 Å². The maximum Gasteiger partial charge on any atom is 0.416 e. The number of esters is 1. The highest BCUT2D eigenvalue weighted by atomic mass is 19.4. The minimum atomic E-state index is -4.51. The quantitative estimate of drug-likeness (QED) is 0.535. The molecule has 0 atom stereocenters. The SMILES string of the molecule is CCOc1ccc(C(=O)COC(=O)CNC(=O)c2ccc(C(F)(F)F)cc2)cc1. The number of hydrogen-bond donors (Lipinski definition) is 1. The molecule has 0 unspecified atom stereocenters. The normalized spacial score (nSPS) is 10.9. The zero-order valence-electron chi connectivity index (χ0n) is 15.4. The Bertz CT molecular complexity index is 861. The Labute approximate surface area is 164 Å². The summed E-state index contributed by atoms with van der Waals surface area (Å²) in [7, 11) is 0. The summed E-state index contributed by atoms with van der Waals surface area (Å²) in [5, 5.41) is 2.22. The zero-order valence-corrected chi connectivity index (χ0v) is 15.4. The van der Waals surface area contributed by atoms with E-state index in [0.717, 1.165) is 24.3 Å². The number of alkyl halides is 3. The van der Waals surface area contributed by atoms with Gasteiger partial charge in [0.05, 0.1) is 12.2 Å². The number of nitrogens with one attached hydrogen (secondary N) is 1. The third-order valence-corrected chi connectivity index (χ3v) is 3.72. The van der Waals surface area contributed by atoms with Gasteiger partial charge in [-0.2, -0.15) is 13.2 Å². The van der Waals surface area contributed by atoms with Crippen molar-refractivity contribution >= 4 is 17.7 Å². The van der Waals surface area contributed by atoms with Gasteiger partial charge >= 0.3 is 12.1 Å². The Morgan fingerprint density at radius 1 is 0.931 bits per heavy atom. The number of hydrogen-bond acceptors (Lipinski definition) is 5. The van der Waals surface area contributed by atoms with Gasteiger partial charge in [-0.25, -0.2) is 0 Å². The molecule has 0 aliphatic heterocycles. The first-order valence-corrected chi connectivity index (χ1v) is 8.58. The van der Waals surface area contributed by atoms with E-state index in [1.54, 1.807) is 12.1 Å². The van der Waals surface area contributed by atoms with Crippen LogP contribution >= 0.6 is 0 Å². The first-order chi connectivity index (χ1) is 13.7. The molecule has 6 nitrogen and oxygen atoms in total. The average Bonchev–Trinajstić information content (AvgIpc) is 2.70. The maximum atomic E-state index is 12.5. The number of rotatable bonds is 8. The highest BCUT2D eigenvalue weighted by Gasteiger charge is 2.30. The monoisotopic (exact) mass is 409 g/mol. The summed E-state index contributed by atoms with van der Waals surface area (Å²) in [6, 6.07) is 9.83. The van der Waals surface area contributed by atoms with Gasteiger partial charge in [-0.15, -0.1) is 0 Å². The number of benzene rings is 2. The third-order valence-electron chi connectivity index (χ3n) is 3.72. The predicted octanol–water partition coefficient (Wildman–Crippen LogP) is 3.26. The molecule has 0 saturated heterocycles. The van der Waals surface area contributed by atoms with Crippen LogP contribution in [0, 0.1) is 0 Å². The number of carbonyl (C=O) groups excluding carboxylic acids is 3. The number of carbonyl (C=O) groups is 3. The van der Waals surface area contributed by atoms with Gasteiger partial charge < -0.3 is 14.8 Å². The van der Waals surface area contributed by atoms with Crippen LogP contribution in [0.2, 0.25) is 0 Å². The smallest absolute Gasteiger partial charge is 0.416 e. The number of amides is 1. The van der Waals surface area contributed by atoms with Crippen LogP contribution in [0.15, 0.2) is 48.5 Å². The highest BCUT2D eigenvalue weighted by Crippen LogP contribution is 2.29. The second-order valence-corrected chi connectivity index (χ2v) is 5.80. The molecule has 0 saturated carbocycles. The van der Waals surface area contributed by atoms with Gasteiger partial charge in [-0.1, -0.05) is 0 Å². The van der Waals surface area contributed by atoms with Crippen molar-refractivity contribution in [1.82, 2.24) is 5.32 Å². The maximum absolute atomic E-state index is 12.5. The summed E-state index contributed by atoms with van der Waals surface area (Å²) in [6.07, 6.45) is -4.51. The van der Waals surface area contributed by atoms with Crippen molar-refractivity contribution in [1.29, 1.82) is 0 Å². The fraction of sp³-hybridized carbons (Fsp3) is 0.250. The summed E-state index contributed by atoms with van der Waals surface area (Å²) >= 11 is 0. The zero-order chi connectivity index (χ0) is 21.4. The molecule has 2 aromatic carbocycles. The molecule has 0 radical (unpaired) electrons. The lowest BCUT2D eigenvalue weighted by Gasteiger charge is -2.09. The second kappa shape index (κ2) is 9.72. The van der Waals surface area contributed by atoms with Gasteiger partial charge in [0, 0.05) is 11.1 Å². The van der Waals surface area contributed by atoms with Gasteiger partial charge in [0.15, 0.2) is 12.4 Å². The van der Waals surface area contributed by atoms with Crippen LogP contribution < -0.4 is 10.1 Å².